The van der Waals surface area contributed by atoms with Crippen LogP contribution in [0.2, 0.25) is 5.02 Å². The summed E-state index contributed by atoms with van der Waals surface area (Å²) in [5.41, 5.74) is 0. The van der Waals surface area contributed by atoms with Crippen LogP contribution in [0.15, 0.2) is 22.7 Å². The van der Waals surface area contributed by atoms with Crippen molar-refractivity contribution in [3.63, 3.8) is 0 Å². The van der Waals surface area contributed by atoms with Crippen LogP contribution in [0.5, 0.6) is 5.75 Å². The molecular weight excluding hydrogens is 239 g/mol. The van der Waals surface area contributed by atoms with E-state index in [4.69, 9.17) is 22.8 Å². The fraction of sp³-hybridized carbons (Fsp3) is 0.111. The smallest absolute Gasteiger partial charge is 0.148 e. The molecule has 0 aliphatic heterocycles. The van der Waals surface area contributed by atoms with E-state index >= 15 is 0 Å². The molecule has 0 fully saturated rings. The van der Waals surface area contributed by atoms with Gasteiger partial charge in [0.05, 0.1) is 5.02 Å². The molecule has 0 aliphatic carbocycles. The SMILES string of the molecule is C#CCOc1cccc(Br)c1Cl. The summed E-state index contributed by atoms with van der Waals surface area (Å²) in [6, 6.07) is 5.44. The van der Waals surface area contributed by atoms with Crippen molar-refractivity contribution in [2.24, 2.45) is 0 Å². The maximum atomic E-state index is 5.89. The molecule has 0 amide bonds. The standard InChI is InChI=1S/C9H6BrClO/c1-2-6-12-8-5-3-4-7(10)9(8)11/h1,3-5H,6H2. The van der Waals surface area contributed by atoms with E-state index in [0.29, 0.717) is 10.8 Å². The first-order chi connectivity index (χ1) is 5.75. The third-order valence-electron chi connectivity index (χ3n) is 1.23. The van der Waals surface area contributed by atoms with Gasteiger partial charge < -0.3 is 4.74 Å². The average Bonchev–Trinajstić information content (AvgIpc) is 2.08. The summed E-state index contributed by atoms with van der Waals surface area (Å²) < 4.78 is 5.97. The molecule has 1 rings (SSSR count). The van der Waals surface area contributed by atoms with Crippen molar-refractivity contribution >= 4 is 27.5 Å². The summed E-state index contributed by atoms with van der Waals surface area (Å²) in [7, 11) is 0. The van der Waals surface area contributed by atoms with Crippen LogP contribution >= 0.6 is 27.5 Å². The average molecular weight is 246 g/mol. The number of benzene rings is 1. The van der Waals surface area contributed by atoms with Crippen molar-refractivity contribution in [2.75, 3.05) is 6.61 Å². The number of halogens is 2. The number of ether oxygens (including phenoxy) is 1. The molecule has 0 saturated carbocycles. The molecule has 0 heterocycles. The summed E-state index contributed by atoms with van der Waals surface area (Å²) in [5.74, 6) is 2.97. The zero-order valence-corrected chi connectivity index (χ0v) is 8.52. The Morgan fingerprint density at radius 2 is 2.33 bits per heavy atom. The maximum Gasteiger partial charge on any atom is 0.148 e. The summed E-state index contributed by atoms with van der Waals surface area (Å²) in [4.78, 5) is 0. The number of rotatable bonds is 2. The Morgan fingerprint density at radius 1 is 1.58 bits per heavy atom. The Hall–Kier alpha value is -0.650. The predicted molar refractivity (Wildman–Crippen MR) is 53.5 cm³/mol. The van der Waals surface area contributed by atoms with Gasteiger partial charge in [0.2, 0.25) is 0 Å². The third kappa shape index (κ3) is 2.17. The van der Waals surface area contributed by atoms with Crippen molar-refractivity contribution in [2.45, 2.75) is 0 Å². The molecule has 0 saturated heterocycles. The second kappa shape index (κ2) is 4.39. The van der Waals surface area contributed by atoms with Gasteiger partial charge in [-0.3, -0.25) is 0 Å². The molecule has 0 aliphatic rings. The van der Waals surface area contributed by atoms with Gasteiger partial charge in [0.15, 0.2) is 0 Å². The molecule has 0 N–H and O–H groups in total. The summed E-state index contributed by atoms with van der Waals surface area (Å²) in [6.45, 7) is 0.232. The number of hydrogen-bond acceptors (Lipinski definition) is 1. The van der Waals surface area contributed by atoms with E-state index in [1.807, 2.05) is 12.1 Å². The van der Waals surface area contributed by atoms with E-state index in [2.05, 4.69) is 21.9 Å². The molecule has 62 valence electrons. The molecule has 0 radical (unpaired) electrons. The van der Waals surface area contributed by atoms with Crippen molar-refractivity contribution in [1.82, 2.24) is 0 Å². The highest BCUT2D eigenvalue weighted by Gasteiger charge is 2.03. The minimum atomic E-state index is 0.232. The van der Waals surface area contributed by atoms with Gasteiger partial charge in [0.25, 0.3) is 0 Å². The first-order valence-electron chi connectivity index (χ1n) is 3.26. The van der Waals surface area contributed by atoms with Crippen molar-refractivity contribution < 1.29 is 4.74 Å². The fourth-order valence-electron chi connectivity index (χ4n) is 0.715. The van der Waals surface area contributed by atoms with Gasteiger partial charge in [-0.05, 0) is 28.1 Å². The quantitative estimate of drug-likeness (QED) is 0.728. The van der Waals surface area contributed by atoms with Gasteiger partial charge in [0.1, 0.15) is 12.4 Å². The Kier molecular flexibility index (Phi) is 3.46. The van der Waals surface area contributed by atoms with E-state index in [-0.39, 0.29) is 6.61 Å². The molecule has 0 unspecified atom stereocenters. The predicted octanol–water partition coefficient (Wildman–Crippen LogP) is 3.11. The molecule has 0 bridgehead atoms. The van der Waals surface area contributed by atoms with Crippen molar-refractivity contribution in [1.29, 1.82) is 0 Å². The zero-order valence-electron chi connectivity index (χ0n) is 6.18. The molecule has 1 aromatic rings. The highest BCUT2D eigenvalue weighted by Crippen LogP contribution is 2.31. The van der Waals surface area contributed by atoms with Crippen LogP contribution in [0.1, 0.15) is 0 Å². The topological polar surface area (TPSA) is 9.23 Å². The van der Waals surface area contributed by atoms with Crippen LogP contribution in [0.25, 0.3) is 0 Å². The zero-order chi connectivity index (χ0) is 8.97. The molecule has 3 heteroatoms. The van der Waals surface area contributed by atoms with E-state index in [9.17, 15) is 0 Å². The van der Waals surface area contributed by atoms with E-state index in [0.717, 1.165) is 4.47 Å². The van der Waals surface area contributed by atoms with Crippen LogP contribution in [0.4, 0.5) is 0 Å². The van der Waals surface area contributed by atoms with Crippen LogP contribution in [-0.2, 0) is 0 Å². The van der Waals surface area contributed by atoms with Crippen LogP contribution < -0.4 is 4.74 Å². The van der Waals surface area contributed by atoms with Crippen LogP contribution in [0.3, 0.4) is 0 Å². The lowest BCUT2D eigenvalue weighted by Gasteiger charge is -2.04. The van der Waals surface area contributed by atoms with E-state index in [1.165, 1.54) is 0 Å². The molecule has 0 atom stereocenters. The monoisotopic (exact) mass is 244 g/mol. The lowest BCUT2D eigenvalue weighted by molar-refractivity contribution is 0.370. The first-order valence-corrected chi connectivity index (χ1v) is 4.43. The first kappa shape index (κ1) is 9.44. The van der Waals surface area contributed by atoms with E-state index in [1.54, 1.807) is 6.07 Å². The van der Waals surface area contributed by atoms with Crippen molar-refractivity contribution in [3.05, 3.63) is 27.7 Å². The minimum absolute atomic E-state index is 0.232. The van der Waals surface area contributed by atoms with Crippen molar-refractivity contribution in [3.8, 4) is 18.1 Å². The highest BCUT2D eigenvalue weighted by atomic mass is 79.9. The van der Waals surface area contributed by atoms with E-state index < -0.39 is 0 Å². The summed E-state index contributed by atoms with van der Waals surface area (Å²) >= 11 is 9.16. The molecule has 0 spiro atoms. The summed E-state index contributed by atoms with van der Waals surface area (Å²) in [5, 5.41) is 0.549. The lowest BCUT2D eigenvalue weighted by Crippen LogP contribution is -1.93. The Balaban J connectivity index is 2.86. The van der Waals surface area contributed by atoms with Gasteiger partial charge in [0, 0.05) is 4.47 Å². The van der Waals surface area contributed by atoms with Gasteiger partial charge >= 0.3 is 0 Å². The molecule has 1 aromatic carbocycles. The lowest BCUT2D eigenvalue weighted by atomic mass is 10.3. The number of terminal acetylenes is 1. The number of hydrogen-bond donors (Lipinski definition) is 0. The Morgan fingerprint density at radius 3 is 3.00 bits per heavy atom. The Labute approximate surface area is 84.8 Å². The maximum absolute atomic E-state index is 5.89. The van der Waals surface area contributed by atoms with Gasteiger partial charge in [-0.15, -0.1) is 6.42 Å². The Bertz CT molecular complexity index is 317. The van der Waals surface area contributed by atoms with Gasteiger partial charge in [-0.1, -0.05) is 23.6 Å². The third-order valence-corrected chi connectivity index (χ3v) is 2.51. The minimum Gasteiger partial charge on any atom is -0.479 e. The second-order valence-electron chi connectivity index (χ2n) is 2.04. The van der Waals surface area contributed by atoms with Gasteiger partial charge in [-0.2, -0.15) is 0 Å². The fourth-order valence-corrected chi connectivity index (χ4v) is 1.24. The summed E-state index contributed by atoms with van der Waals surface area (Å²) in [6.07, 6.45) is 5.03. The largest absolute Gasteiger partial charge is 0.479 e. The van der Waals surface area contributed by atoms with Crippen LogP contribution in [0, 0.1) is 12.3 Å². The molecule has 12 heavy (non-hydrogen) atoms. The molecule has 1 nitrogen and oxygen atoms in total. The van der Waals surface area contributed by atoms with Crippen LogP contribution in [-0.4, -0.2) is 6.61 Å². The van der Waals surface area contributed by atoms with Gasteiger partial charge in [-0.25, -0.2) is 0 Å². The molecule has 0 aromatic heterocycles. The highest BCUT2D eigenvalue weighted by molar-refractivity contribution is 9.10. The second-order valence-corrected chi connectivity index (χ2v) is 3.28. The normalized spacial score (nSPS) is 9.08. The molecular formula is C9H6BrClO.